The number of furan rings is 1. The van der Waals surface area contributed by atoms with Crippen LogP contribution in [0.1, 0.15) is 5.76 Å². The molecule has 0 unspecified atom stereocenters. The van der Waals surface area contributed by atoms with Crippen LogP contribution in [0, 0.1) is 5.82 Å². The summed E-state index contributed by atoms with van der Waals surface area (Å²) >= 11 is 3.32. The summed E-state index contributed by atoms with van der Waals surface area (Å²) in [5.41, 5.74) is 1.09. The summed E-state index contributed by atoms with van der Waals surface area (Å²) in [5.74, 6) is 0.794. The largest absolute Gasteiger partial charge is 0.453 e. The number of hydrogen-bond acceptors (Lipinski definition) is 3. The van der Waals surface area contributed by atoms with E-state index in [0.717, 1.165) is 48.8 Å². The van der Waals surface area contributed by atoms with Crippen LogP contribution < -0.4 is 4.90 Å². The van der Waals surface area contributed by atoms with Crippen LogP contribution in [0.15, 0.2) is 45.5 Å². The third-order valence-corrected chi connectivity index (χ3v) is 4.00. The van der Waals surface area contributed by atoms with Crippen molar-refractivity contribution >= 4 is 21.6 Å². The molecule has 0 saturated carbocycles. The Bertz CT molecular complexity index is 562. The third kappa shape index (κ3) is 3.22. The van der Waals surface area contributed by atoms with Gasteiger partial charge in [-0.1, -0.05) is 0 Å². The molecule has 1 aromatic carbocycles. The Morgan fingerprint density at radius 1 is 1.00 bits per heavy atom. The van der Waals surface area contributed by atoms with Crippen LogP contribution >= 0.6 is 15.9 Å². The maximum atomic E-state index is 12.9. The summed E-state index contributed by atoms with van der Waals surface area (Å²) < 4.78 is 19.2. The maximum absolute atomic E-state index is 12.9. The van der Waals surface area contributed by atoms with E-state index in [1.165, 1.54) is 12.1 Å². The van der Waals surface area contributed by atoms with Crippen molar-refractivity contribution in [3.05, 3.63) is 52.6 Å². The van der Waals surface area contributed by atoms with E-state index < -0.39 is 0 Å². The zero-order chi connectivity index (χ0) is 13.9. The van der Waals surface area contributed by atoms with Crippen LogP contribution in [0.5, 0.6) is 0 Å². The Morgan fingerprint density at radius 2 is 1.70 bits per heavy atom. The number of anilines is 1. The van der Waals surface area contributed by atoms with Gasteiger partial charge >= 0.3 is 0 Å². The van der Waals surface area contributed by atoms with Gasteiger partial charge in [-0.05, 0) is 52.3 Å². The minimum absolute atomic E-state index is 0.184. The van der Waals surface area contributed by atoms with Crippen LogP contribution in [-0.4, -0.2) is 31.1 Å². The molecule has 1 saturated heterocycles. The molecule has 0 atom stereocenters. The zero-order valence-electron chi connectivity index (χ0n) is 11.1. The van der Waals surface area contributed by atoms with E-state index in [1.54, 1.807) is 0 Å². The minimum Gasteiger partial charge on any atom is -0.453 e. The van der Waals surface area contributed by atoms with Gasteiger partial charge in [0.05, 0.1) is 6.54 Å². The first-order valence-electron chi connectivity index (χ1n) is 6.68. The topological polar surface area (TPSA) is 19.6 Å². The first-order chi connectivity index (χ1) is 9.70. The fourth-order valence-corrected chi connectivity index (χ4v) is 2.81. The Labute approximate surface area is 126 Å². The summed E-state index contributed by atoms with van der Waals surface area (Å²) in [5, 5.41) is 0. The van der Waals surface area contributed by atoms with Crippen molar-refractivity contribution in [1.82, 2.24) is 4.90 Å². The van der Waals surface area contributed by atoms with Crippen molar-refractivity contribution < 1.29 is 8.81 Å². The zero-order valence-corrected chi connectivity index (χ0v) is 12.6. The van der Waals surface area contributed by atoms with Crippen molar-refractivity contribution in [2.75, 3.05) is 31.1 Å². The smallest absolute Gasteiger partial charge is 0.169 e. The monoisotopic (exact) mass is 338 g/mol. The molecule has 1 aliphatic heterocycles. The van der Waals surface area contributed by atoms with E-state index in [-0.39, 0.29) is 5.82 Å². The second-order valence-corrected chi connectivity index (χ2v) is 5.73. The van der Waals surface area contributed by atoms with Gasteiger partial charge in [-0.2, -0.15) is 0 Å². The molecule has 5 heteroatoms. The number of halogens is 2. The number of hydrogen-bond donors (Lipinski definition) is 0. The predicted molar refractivity (Wildman–Crippen MR) is 80.3 cm³/mol. The standard InChI is InChI=1S/C15H16BrFN2O/c16-15-6-5-14(20-15)11-18-7-9-19(10-8-18)13-3-1-12(17)2-4-13/h1-6H,7-11H2. The highest BCUT2D eigenvalue weighted by Gasteiger charge is 2.18. The van der Waals surface area contributed by atoms with Gasteiger partial charge < -0.3 is 9.32 Å². The lowest BCUT2D eigenvalue weighted by atomic mass is 10.2. The third-order valence-electron chi connectivity index (χ3n) is 3.57. The number of piperazine rings is 1. The second-order valence-electron chi connectivity index (χ2n) is 4.95. The Morgan fingerprint density at radius 3 is 2.30 bits per heavy atom. The lowest BCUT2D eigenvalue weighted by Gasteiger charge is -2.35. The molecule has 20 heavy (non-hydrogen) atoms. The van der Waals surface area contributed by atoms with Crippen LogP contribution in [0.25, 0.3) is 0 Å². The molecule has 0 bridgehead atoms. The van der Waals surface area contributed by atoms with Gasteiger partial charge in [-0.3, -0.25) is 4.90 Å². The van der Waals surface area contributed by atoms with Crippen molar-refractivity contribution in [2.24, 2.45) is 0 Å². The highest BCUT2D eigenvalue weighted by molar-refractivity contribution is 9.10. The Kier molecular flexibility index (Phi) is 4.08. The first-order valence-corrected chi connectivity index (χ1v) is 7.47. The molecule has 3 nitrogen and oxygen atoms in total. The molecule has 0 spiro atoms. The molecule has 0 aliphatic carbocycles. The van der Waals surface area contributed by atoms with Gasteiger partial charge in [0.1, 0.15) is 11.6 Å². The van der Waals surface area contributed by atoms with E-state index >= 15 is 0 Å². The lowest BCUT2D eigenvalue weighted by molar-refractivity contribution is 0.229. The maximum Gasteiger partial charge on any atom is 0.169 e. The molecule has 1 fully saturated rings. The molecule has 1 aromatic heterocycles. The van der Waals surface area contributed by atoms with Gasteiger partial charge in [-0.25, -0.2) is 4.39 Å². The van der Waals surface area contributed by atoms with Crippen molar-refractivity contribution in [3.8, 4) is 0 Å². The van der Waals surface area contributed by atoms with Gasteiger partial charge in [0.25, 0.3) is 0 Å². The Balaban J connectivity index is 1.55. The second kappa shape index (κ2) is 5.97. The first kappa shape index (κ1) is 13.6. The average Bonchev–Trinajstić information content (AvgIpc) is 2.86. The highest BCUT2D eigenvalue weighted by atomic mass is 79.9. The molecular formula is C15H16BrFN2O. The molecule has 0 radical (unpaired) electrons. The summed E-state index contributed by atoms with van der Waals surface area (Å²) in [6.07, 6.45) is 0. The molecule has 2 heterocycles. The molecule has 1 aliphatic rings. The molecule has 3 rings (SSSR count). The predicted octanol–water partition coefficient (Wildman–Crippen LogP) is 3.50. The number of rotatable bonds is 3. The van der Waals surface area contributed by atoms with Crippen molar-refractivity contribution in [1.29, 1.82) is 0 Å². The Hall–Kier alpha value is -1.33. The van der Waals surface area contributed by atoms with Crippen molar-refractivity contribution in [3.63, 3.8) is 0 Å². The van der Waals surface area contributed by atoms with Gasteiger partial charge in [0, 0.05) is 31.9 Å². The van der Waals surface area contributed by atoms with Crippen LogP contribution in [-0.2, 0) is 6.54 Å². The van der Waals surface area contributed by atoms with E-state index in [9.17, 15) is 4.39 Å². The quantitative estimate of drug-likeness (QED) is 0.853. The fourth-order valence-electron chi connectivity index (χ4n) is 2.47. The SMILES string of the molecule is Fc1ccc(N2CCN(Cc3ccc(Br)o3)CC2)cc1. The lowest BCUT2D eigenvalue weighted by Crippen LogP contribution is -2.45. The number of benzene rings is 1. The van der Waals surface area contributed by atoms with Crippen LogP contribution in [0.3, 0.4) is 0 Å². The molecule has 0 N–H and O–H groups in total. The van der Waals surface area contributed by atoms with E-state index in [4.69, 9.17) is 4.42 Å². The number of nitrogens with zero attached hydrogens (tertiary/aromatic N) is 2. The minimum atomic E-state index is -0.184. The van der Waals surface area contributed by atoms with E-state index in [0.29, 0.717) is 0 Å². The molecule has 2 aromatic rings. The molecular weight excluding hydrogens is 323 g/mol. The van der Waals surface area contributed by atoms with Crippen LogP contribution in [0.2, 0.25) is 0 Å². The van der Waals surface area contributed by atoms with Gasteiger partial charge in [0.15, 0.2) is 4.67 Å². The van der Waals surface area contributed by atoms with Gasteiger partial charge in [-0.15, -0.1) is 0 Å². The van der Waals surface area contributed by atoms with Crippen molar-refractivity contribution in [2.45, 2.75) is 6.54 Å². The average molecular weight is 339 g/mol. The van der Waals surface area contributed by atoms with E-state index in [1.807, 2.05) is 24.3 Å². The van der Waals surface area contributed by atoms with Crippen LogP contribution in [0.4, 0.5) is 10.1 Å². The summed E-state index contributed by atoms with van der Waals surface area (Å²) in [6.45, 7) is 4.70. The summed E-state index contributed by atoms with van der Waals surface area (Å²) in [7, 11) is 0. The molecule has 0 amide bonds. The fraction of sp³-hybridized carbons (Fsp3) is 0.333. The molecule has 106 valence electrons. The highest BCUT2D eigenvalue weighted by Crippen LogP contribution is 2.19. The van der Waals surface area contributed by atoms with Gasteiger partial charge in [0.2, 0.25) is 0 Å². The summed E-state index contributed by atoms with van der Waals surface area (Å²) in [4.78, 5) is 4.65. The summed E-state index contributed by atoms with van der Waals surface area (Å²) in [6, 6.07) is 10.6. The van der Waals surface area contributed by atoms with E-state index in [2.05, 4.69) is 25.7 Å². The normalized spacial score (nSPS) is 16.6.